The minimum atomic E-state index is -0.483. The van der Waals surface area contributed by atoms with Crippen LogP contribution in [0.1, 0.15) is 67.2 Å². The number of carbonyl (C=O) groups excluding carboxylic acids is 2. The molecular weight excluding hydrogens is 570 g/mol. The number of rotatable bonds is 8. The monoisotopic (exact) mass is 611 g/mol. The lowest BCUT2D eigenvalue weighted by atomic mass is 10.1. The highest BCUT2D eigenvalue weighted by atomic mass is 32.1. The highest BCUT2D eigenvalue weighted by molar-refractivity contribution is 7.17. The van der Waals surface area contributed by atoms with Crippen LogP contribution in [0.4, 0.5) is 4.79 Å². The van der Waals surface area contributed by atoms with Gasteiger partial charge in [-0.2, -0.15) is 0 Å². The van der Waals surface area contributed by atoms with E-state index in [4.69, 9.17) is 9.47 Å². The summed E-state index contributed by atoms with van der Waals surface area (Å²) in [7, 11) is 1.97. The Balaban J connectivity index is 1.06. The number of ketones is 1. The third-order valence-corrected chi connectivity index (χ3v) is 9.22. The molecule has 1 amide bonds. The van der Waals surface area contributed by atoms with E-state index in [0.717, 1.165) is 75.9 Å². The topological polar surface area (TPSA) is 65.7 Å². The van der Waals surface area contributed by atoms with Crippen molar-refractivity contribution in [3.8, 4) is 5.75 Å². The van der Waals surface area contributed by atoms with Gasteiger partial charge in [-0.3, -0.25) is 4.79 Å². The summed E-state index contributed by atoms with van der Waals surface area (Å²) in [6.07, 6.45) is 5.34. The van der Waals surface area contributed by atoms with Crippen LogP contribution in [-0.2, 0) is 24.8 Å². The van der Waals surface area contributed by atoms with Crippen molar-refractivity contribution >= 4 is 44.3 Å². The summed E-state index contributed by atoms with van der Waals surface area (Å²) in [5.74, 6) is 0.927. The van der Waals surface area contributed by atoms with Crippen molar-refractivity contribution in [2.75, 3.05) is 13.1 Å². The van der Waals surface area contributed by atoms with E-state index in [2.05, 4.69) is 53.3 Å². The molecule has 0 N–H and O–H groups in total. The molecule has 0 atom stereocenters. The van der Waals surface area contributed by atoms with Crippen LogP contribution in [0.2, 0.25) is 0 Å². The first-order valence-corrected chi connectivity index (χ1v) is 16.3. The van der Waals surface area contributed by atoms with Gasteiger partial charge in [-0.1, -0.05) is 23.8 Å². The van der Waals surface area contributed by atoms with Crippen molar-refractivity contribution < 1.29 is 19.1 Å². The van der Waals surface area contributed by atoms with Gasteiger partial charge in [-0.15, -0.1) is 11.3 Å². The Morgan fingerprint density at radius 2 is 1.73 bits per heavy atom. The highest BCUT2D eigenvalue weighted by Crippen LogP contribution is 2.30. The molecule has 0 bridgehead atoms. The number of piperidine rings is 1. The molecule has 4 heterocycles. The lowest BCUT2D eigenvalue weighted by molar-refractivity contribution is 0.0126. The number of amides is 1. The standard InChI is InChI=1S/C36H41N3O4S/c1-24-8-13-30-28(21-24)29(34(40)32-22-33-31(37(32)5)16-20-44-33)23-39(30)17-6-7-25-9-11-26(12-10-25)42-27-14-18-38(19-15-27)35(41)43-36(2,3)4/h8-13,16,20-23,27H,6-7,14-15,17-19H2,1-5H3. The number of hydrogen-bond acceptors (Lipinski definition) is 5. The van der Waals surface area contributed by atoms with Crippen LogP contribution in [0.15, 0.2) is 66.2 Å². The number of thiophene rings is 1. The number of likely N-dealkylation sites (tertiary alicyclic amines) is 1. The van der Waals surface area contributed by atoms with E-state index < -0.39 is 5.60 Å². The Kier molecular flexibility index (Phi) is 8.29. The molecule has 1 fully saturated rings. The molecule has 8 heteroatoms. The summed E-state index contributed by atoms with van der Waals surface area (Å²) in [5, 5.41) is 3.08. The molecule has 5 aromatic rings. The second kappa shape index (κ2) is 12.2. The van der Waals surface area contributed by atoms with Crippen molar-refractivity contribution in [1.29, 1.82) is 0 Å². The average Bonchev–Trinajstić information content (AvgIpc) is 3.68. The minimum absolute atomic E-state index is 0.0661. The van der Waals surface area contributed by atoms with Gasteiger partial charge in [0.2, 0.25) is 5.78 Å². The summed E-state index contributed by atoms with van der Waals surface area (Å²) >= 11 is 1.66. The van der Waals surface area contributed by atoms with Crippen molar-refractivity contribution in [2.24, 2.45) is 7.05 Å². The summed E-state index contributed by atoms with van der Waals surface area (Å²) < 4.78 is 17.1. The lowest BCUT2D eigenvalue weighted by Gasteiger charge is -2.33. The molecule has 6 rings (SSSR count). The number of ether oxygens (including phenoxy) is 2. The molecule has 0 saturated carbocycles. The predicted molar refractivity (Wildman–Crippen MR) is 177 cm³/mol. The Morgan fingerprint density at radius 3 is 2.43 bits per heavy atom. The first-order chi connectivity index (χ1) is 21.1. The molecule has 1 saturated heterocycles. The van der Waals surface area contributed by atoms with Gasteiger partial charge in [0, 0.05) is 62.2 Å². The summed E-state index contributed by atoms with van der Waals surface area (Å²) in [6, 6.07) is 18.8. The maximum Gasteiger partial charge on any atom is 0.410 e. The van der Waals surface area contributed by atoms with E-state index in [-0.39, 0.29) is 18.0 Å². The molecular formula is C36H41N3O4S. The van der Waals surface area contributed by atoms with Crippen LogP contribution in [0, 0.1) is 6.92 Å². The lowest BCUT2D eigenvalue weighted by Crippen LogP contribution is -2.44. The molecule has 44 heavy (non-hydrogen) atoms. The second-order valence-electron chi connectivity index (χ2n) is 12.9. The van der Waals surface area contributed by atoms with Gasteiger partial charge >= 0.3 is 6.09 Å². The van der Waals surface area contributed by atoms with Crippen LogP contribution < -0.4 is 4.74 Å². The van der Waals surface area contributed by atoms with Crippen LogP contribution in [-0.4, -0.2) is 50.7 Å². The van der Waals surface area contributed by atoms with Crippen LogP contribution in [0.25, 0.3) is 21.1 Å². The van der Waals surface area contributed by atoms with Crippen molar-refractivity contribution in [3.05, 3.63) is 88.6 Å². The van der Waals surface area contributed by atoms with Gasteiger partial charge in [0.1, 0.15) is 17.5 Å². The van der Waals surface area contributed by atoms with Gasteiger partial charge in [-0.05, 0) is 87.9 Å². The Morgan fingerprint density at radius 1 is 0.977 bits per heavy atom. The van der Waals surface area contributed by atoms with Gasteiger partial charge in [0.05, 0.1) is 15.9 Å². The van der Waals surface area contributed by atoms with E-state index in [9.17, 15) is 9.59 Å². The fraction of sp³-hybridized carbons (Fsp3) is 0.389. The fourth-order valence-electron chi connectivity index (χ4n) is 6.05. The molecule has 0 aliphatic carbocycles. The van der Waals surface area contributed by atoms with Crippen LogP contribution >= 0.6 is 11.3 Å². The number of carbonyl (C=O) groups is 2. The molecule has 2 aromatic carbocycles. The maximum atomic E-state index is 13.8. The van der Waals surface area contributed by atoms with Crippen molar-refractivity contribution in [2.45, 2.75) is 71.6 Å². The smallest absolute Gasteiger partial charge is 0.410 e. The van der Waals surface area contributed by atoms with Crippen LogP contribution in [0.5, 0.6) is 5.75 Å². The number of aromatic nitrogens is 2. The first-order valence-electron chi connectivity index (χ1n) is 15.5. The van der Waals surface area contributed by atoms with E-state index in [1.165, 1.54) is 5.56 Å². The van der Waals surface area contributed by atoms with Crippen molar-refractivity contribution in [1.82, 2.24) is 14.0 Å². The Labute approximate surface area is 263 Å². The molecule has 0 spiro atoms. The van der Waals surface area contributed by atoms with Crippen LogP contribution in [0.3, 0.4) is 0 Å². The summed E-state index contributed by atoms with van der Waals surface area (Å²) in [6.45, 7) is 9.85. The first kappa shape index (κ1) is 30.0. The van der Waals surface area contributed by atoms with E-state index in [0.29, 0.717) is 13.1 Å². The maximum absolute atomic E-state index is 13.8. The number of hydrogen-bond donors (Lipinski definition) is 0. The van der Waals surface area contributed by atoms with E-state index >= 15 is 0 Å². The number of benzene rings is 2. The normalized spacial score (nSPS) is 14.4. The van der Waals surface area contributed by atoms with Gasteiger partial charge < -0.3 is 23.5 Å². The third-order valence-electron chi connectivity index (χ3n) is 8.36. The Hall–Kier alpha value is -4.04. The zero-order valence-corrected chi connectivity index (χ0v) is 27.1. The largest absolute Gasteiger partial charge is 0.490 e. The SMILES string of the molecule is Cc1ccc2c(c1)c(C(=O)c1cc3sccc3n1C)cn2CCCc1ccc(OC2CCN(C(=O)OC(C)(C)C)CC2)cc1. The summed E-state index contributed by atoms with van der Waals surface area (Å²) in [5.41, 5.74) is 5.59. The minimum Gasteiger partial charge on any atom is -0.490 e. The predicted octanol–water partition coefficient (Wildman–Crippen LogP) is 8.15. The quantitative estimate of drug-likeness (QED) is 0.166. The average molecular weight is 612 g/mol. The molecule has 0 unspecified atom stereocenters. The molecule has 1 aliphatic rings. The molecule has 3 aromatic heterocycles. The molecule has 0 radical (unpaired) electrons. The van der Waals surface area contributed by atoms with Crippen molar-refractivity contribution in [3.63, 3.8) is 0 Å². The van der Waals surface area contributed by atoms with Gasteiger partial charge in [0.25, 0.3) is 0 Å². The molecule has 7 nitrogen and oxygen atoms in total. The molecule has 1 aliphatic heterocycles. The van der Waals surface area contributed by atoms with E-state index in [1.807, 2.05) is 56.8 Å². The highest BCUT2D eigenvalue weighted by Gasteiger charge is 2.27. The zero-order valence-electron chi connectivity index (χ0n) is 26.3. The fourth-order valence-corrected chi connectivity index (χ4v) is 6.90. The number of aryl methyl sites for hydroxylation is 4. The zero-order chi connectivity index (χ0) is 31.0. The third kappa shape index (κ3) is 6.41. The summed E-state index contributed by atoms with van der Waals surface area (Å²) in [4.78, 5) is 27.9. The second-order valence-corrected chi connectivity index (χ2v) is 13.8. The number of nitrogens with zero attached hydrogens (tertiary/aromatic N) is 3. The van der Waals surface area contributed by atoms with E-state index in [1.54, 1.807) is 16.2 Å². The van der Waals surface area contributed by atoms with Gasteiger partial charge in [-0.25, -0.2) is 4.79 Å². The van der Waals surface area contributed by atoms with Gasteiger partial charge in [0.15, 0.2) is 0 Å². The Bertz CT molecular complexity index is 1800. The number of fused-ring (bicyclic) bond motifs is 2. The molecule has 230 valence electrons.